The number of thioether (sulfide) groups is 1. The summed E-state index contributed by atoms with van der Waals surface area (Å²) in [4.78, 5) is 15.2. The van der Waals surface area contributed by atoms with Crippen molar-refractivity contribution in [2.75, 3.05) is 6.26 Å². The van der Waals surface area contributed by atoms with Crippen molar-refractivity contribution in [2.45, 2.75) is 12.5 Å². The molecular weight excluding hydrogens is 184 g/mol. The smallest absolute Gasteiger partial charge is 0.205 e. The van der Waals surface area contributed by atoms with Crippen LogP contribution in [0.15, 0.2) is 24.4 Å². The van der Waals surface area contributed by atoms with E-state index in [1.54, 1.807) is 12.5 Å². The Morgan fingerprint density at radius 1 is 1.69 bits per heavy atom. The van der Waals surface area contributed by atoms with Crippen LogP contribution in [0.2, 0.25) is 0 Å². The molecule has 0 saturated heterocycles. The van der Waals surface area contributed by atoms with Gasteiger partial charge in [0, 0.05) is 18.3 Å². The Labute approximate surface area is 81.7 Å². The molecular formula is C9H12N2OS. The van der Waals surface area contributed by atoms with Crippen molar-refractivity contribution in [2.24, 2.45) is 5.73 Å². The molecule has 0 aliphatic carbocycles. The maximum absolute atomic E-state index is 11.1. The number of nitrogens with two attached hydrogens (primary N) is 1. The molecule has 3 nitrogen and oxygen atoms in total. The van der Waals surface area contributed by atoms with Gasteiger partial charge in [0.25, 0.3) is 0 Å². The van der Waals surface area contributed by atoms with Crippen LogP contribution in [0.25, 0.3) is 0 Å². The maximum Gasteiger partial charge on any atom is 0.205 e. The molecule has 1 rings (SSSR count). The lowest BCUT2D eigenvalue weighted by molar-refractivity contribution is -0.112. The molecule has 13 heavy (non-hydrogen) atoms. The highest BCUT2D eigenvalue weighted by Gasteiger charge is 2.12. The summed E-state index contributed by atoms with van der Waals surface area (Å²) in [5.41, 5.74) is 6.51. The highest BCUT2D eigenvalue weighted by molar-refractivity contribution is 8.13. The van der Waals surface area contributed by atoms with Crippen LogP contribution in [0.3, 0.4) is 0 Å². The normalized spacial score (nSPS) is 12.5. The van der Waals surface area contributed by atoms with Gasteiger partial charge in [-0.1, -0.05) is 17.8 Å². The first kappa shape index (κ1) is 10.2. The molecule has 70 valence electrons. The molecule has 0 radical (unpaired) electrons. The molecule has 0 saturated carbocycles. The number of hydrogen-bond donors (Lipinski definition) is 1. The number of pyridine rings is 1. The quantitative estimate of drug-likeness (QED) is 0.778. The zero-order chi connectivity index (χ0) is 9.68. The van der Waals surface area contributed by atoms with E-state index >= 15 is 0 Å². The minimum Gasteiger partial charge on any atom is -0.320 e. The van der Waals surface area contributed by atoms with Crippen LogP contribution in [0.4, 0.5) is 0 Å². The lowest BCUT2D eigenvalue weighted by Gasteiger charge is -2.06. The van der Waals surface area contributed by atoms with Gasteiger partial charge in [0.05, 0.1) is 6.04 Å². The summed E-state index contributed by atoms with van der Waals surface area (Å²) < 4.78 is 0. The average molecular weight is 196 g/mol. The van der Waals surface area contributed by atoms with E-state index in [2.05, 4.69) is 4.98 Å². The van der Waals surface area contributed by atoms with Crippen molar-refractivity contribution >= 4 is 16.9 Å². The van der Waals surface area contributed by atoms with E-state index in [9.17, 15) is 4.79 Å². The first-order valence-electron chi connectivity index (χ1n) is 3.97. The number of hydrogen-bond acceptors (Lipinski definition) is 4. The Hall–Kier alpha value is -0.870. The molecule has 1 heterocycles. The summed E-state index contributed by atoms with van der Waals surface area (Å²) in [7, 11) is 0. The number of carbonyl (C=O) groups is 1. The fourth-order valence-electron chi connectivity index (χ4n) is 0.979. The van der Waals surface area contributed by atoms with Crippen molar-refractivity contribution in [3.8, 4) is 0 Å². The fraction of sp³-hybridized carbons (Fsp3) is 0.333. The molecule has 0 aliphatic heterocycles. The van der Waals surface area contributed by atoms with E-state index in [0.717, 1.165) is 17.5 Å². The SMILES string of the molecule is CSC(=O)C(N)Cc1ccccn1. The Morgan fingerprint density at radius 2 is 2.46 bits per heavy atom. The number of nitrogens with zero attached hydrogens (tertiary/aromatic N) is 1. The van der Waals surface area contributed by atoms with Gasteiger partial charge in [-0.05, 0) is 18.4 Å². The second-order valence-electron chi connectivity index (χ2n) is 2.65. The minimum atomic E-state index is -0.440. The van der Waals surface area contributed by atoms with Crippen molar-refractivity contribution in [3.05, 3.63) is 30.1 Å². The van der Waals surface area contributed by atoms with Crippen LogP contribution in [0, 0.1) is 0 Å². The van der Waals surface area contributed by atoms with Crippen molar-refractivity contribution in [1.29, 1.82) is 0 Å². The summed E-state index contributed by atoms with van der Waals surface area (Å²) in [5.74, 6) is 0. The third-order valence-electron chi connectivity index (χ3n) is 1.66. The molecule has 1 atom stereocenters. The van der Waals surface area contributed by atoms with Gasteiger partial charge in [-0.2, -0.15) is 0 Å². The topological polar surface area (TPSA) is 56.0 Å². The van der Waals surface area contributed by atoms with Crippen LogP contribution in [-0.4, -0.2) is 22.4 Å². The minimum absolute atomic E-state index is 0.00523. The van der Waals surface area contributed by atoms with Crippen molar-refractivity contribution in [3.63, 3.8) is 0 Å². The van der Waals surface area contributed by atoms with Gasteiger partial charge in [-0.3, -0.25) is 9.78 Å². The van der Waals surface area contributed by atoms with E-state index in [1.807, 2.05) is 18.2 Å². The number of aromatic nitrogens is 1. The Bertz CT molecular complexity index is 276. The Balaban J connectivity index is 2.55. The first-order valence-corrected chi connectivity index (χ1v) is 5.20. The third-order valence-corrected chi connectivity index (χ3v) is 2.36. The third kappa shape index (κ3) is 3.16. The van der Waals surface area contributed by atoms with Gasteiger partial charge < -0.3 is 5.73 Å². The Kier molecular flexibility index (Phi) is 3.92. The summed E-state index contributed by atoms with van der Waals surface area (Å²) in [6.07, 6.45) is 3.95. The van der Waals surface area contributed by atoms with Crippen LogP contribution < -0.4 is 5.73 Å². The lowest BCUT2D eigenvalue weighted by atomic mass is 10.2. The highest BCUT2D eigenvalue weighted by atomic mass is 32.2. The van der Waals surface area contributed by atoms with E-state index in [0.29, 0.717) is 6.42 Å². The fourth-order valence-corrected chi connectivity index (χ4v) is 1.36. The molecule has 1 aromatic rings. The standard InChI is InChI=1S/C9H12N2OS/c1-13-9(12)8(10)6-7-4-2-3-5-11-7/h2-5,8H,6,10H2,1H3. The van der Waals surface area contributed by atoms with Gasteiger partial charge >= 0.3 is 0 Å². The van der Waals surface area contributed by atoms with Crippen LogP contribution >= 0.6 is 11.8 Å². The number of carbonyl (C=O) groups excluding carboxylic acids is 1. The molecule has 4 heteroatoms. The molecule has 1 aromatic heterocycles. The summed E-state index contributed by atoms with van der Waals surface area (Å²) in [6.45, 7) is 0. The summed E-state index contributed by atoms with van der Waals surface area (Å²) >= 11 is 1.16. The summed E-state index contributed by atoms with van der Waals surface area (Å²) in [6, 6.07) is 5.15. The zero-order valence-electron chi connectivity index (χ0n) is 7.43. The maximum atomic E-state index is 11.1. The van der Waals surface area contributed by atoms with Gasteiger partial charge in [-0.25, -0.2) is 0 Å². The molecule has 1 unspecified atom stereocenters. The average Bonchev–Trinajstić information content (AvgIpc) is 2.18. The molecule has 0 bridgehead atoms. The van der Waals surface area contributed by atoms with Gasteiger partial charge in [0.15, 0.2) is 0 Å². The molecule has 2 N–H and O–H groups in total. The van der Waals surface area contributed by atoms with Crippen molar-refractivity contribution in [1.82, 2.24) is 4.98 Å². The molecule has 0 aliphatic rings. The molecule has 0 amide bonds. The Morgan fingerprint density at radius 3 is 3.00 bits per heavy atom. The van der Waals surface area contributed by atoms with Crippen LogP contribution in [0.1, 0.15) is 5.69 Å². The van der Waals surface area contributed by atoms with Crippen molar-refractivity contribution < 1.29 is 4.79 Å². The van der Waals surface area contributed by atoms with Gasteiger partial charge in [0.1, 0.15) is 0 Å². The van der Waals surface area contributed by atoms with Gasteiger partial charge in [0.2, 0.25) is 5.12 Å². The second kappa shape index (κ2) is 4.99. The highest BCUT2D eigenvalue weighted by Crippen LogP contribution is 2.04. The largest absolute Gasteiger partial charge is 0.320 e. The molecule has 0 fully saturated rings. The van der Waals surface area contributed by atoms with E-state index < -0.39 is 6.04 Å². The second-order valence-corrected chi connectivity index (χ2v) is 3.47. The monoisotopic (exact) mass is 196 g/mol. The van der Waals surface area contributed by atoms with Crippen LogP contribution in [0.5, 0.6) is 0 Å². The predicted octanol–water partition coefficient (Wildman–Crippen LogP) is 0.841. The summed E-state index contributed by atoms with van der Waals surface area (Å²) in [5, 5.41) is 0.00523. The number of rotatable bonds is 3. The molecule has 0 aromatic carbocycles. The first-order chi connectivity index (χ1) is 6.24. The van der Waals surface area contributed by atoms with E-state index in [1.165, 1.54) is 0 Å². The molecule has 0 spiro atoms. The van der Waals surface area contributed by atoms with E-state index in [4.69, 9.17) is 5.73 Å². The lowest BCUT2D eigenvalue weighted by Crippen LogP contribution is -2.30. The zero-order valence-corrected chi connectivity index (χ0v) is 8.25. The van der Waals surface area contributed by atoms with E-state index in [-0.39, 0.29) is 5.12 Å². The predicted molar refractivity (Wildman–Crippen MR) is 54.4 cm³/mol. The van der Waals surface area contributed by atoms with Crippen LogP contribution in [-0.2, 0) is 11.2 Å². The van der Waals surface area contributed by atoms with Gasteiger partial charge in [-0.15, -0.1) is 0 Å².